The Kier molecular flexibility index (Phi) is 14.9. The number of nitrogens with one attached hydrogen (secondary N) is 2. The van der Waals surface area contributed by atoms with Crippen LogP contribution in [0.25, 0.3) is 17.7 Å². The number of hydrogen-bond donors (Lipinski definition) is 2. The van der Waals surface area contributed by atoms with E-state index < -0.39 is 9.87 Å². The third kappa shape index (κ3) is 11.8. The predicted molar refractivity (Wildman–Crippen MR) is 267 cm³/mol. The van der Waals surface area contributed by atoms with E-state index in [4.69, 9.17) is 42.7 Å². The number of hydrogen-bond acceptors (Lipinski definition) is 6. The van der Waals surface area contributed by atoms with Crippen molar-refractivity contribution in [1.29, 1.82) is 0 Å². The second kappa shape index (κ2) is 20.2. The third-order valence-electron chi connectivity index (χ3n) is 12.3. The standard InChI is InChI=1S/C52H68Cl2N8O2/c1-59(2)29-9-31-61(5,6)33-11-35-63-45-20-13-39(14-21-45)50-47-24-17-41(55-47)37-43-19-26-49(57-43)52(54,51(53)28-27-44(58-51)38-42-18-25-48(50)56-42)40-15-22-46(23-16-40)64-36-12-34-62(7,8)32-10-30-60(3)4/h13-28,37-38,56-57H,9-12,29-36H2,1-8H3/q+2. The van der Waals surface area contributed by atoms with Crippen LogP contribution in [0.15, 0.2) is 113 Å². The van der Waals surface area contributed by atoms with Gasteiger partial charge in [0.1, 0.15) is 11.5 Å². The largest absolute Gasteiger partial charge is 0.493 e. The Morgan fingerprint density at radius 3 is 1.84 bits per heavy atom. The van der Waals surface area contributed by atoms with Gasteiger partial charge in [-0.3, -0.25) is 4.99 Å². The molecule has 2 unspecified atom stereocenters. The van der Waals surface area contributed by atoms with Crippen molar-refractivity contribution in [2.75, 3.05) is 109 Å². The first-order chi connectivity index (χ1) is 30.5. The van der Waals surface area contributed by atoms with Crippen molar-refractivity contribution >= 4 is 52.4 Å². The molecule has 2 N–H and O–H groups in total. The van der Waals surface area contributed by atoms with Crippen LogP contribution in [0.3, 0.4) is 0 Å². The summed E-state index contributed by atoms with van der Waals surface area (Å²) in [6.45, 7) is 7.93. The number of H-pyrrole nitrogens is 2. The summed E-state index contributed by atoms with van der Waals surface area (Å²) in [6.07, 6.45) is 16.3. The van der Waals surface area contributed by atoms with Crippen LogP contribution in [-0.4, -0.2) is 154 Å². The Hall–Kier alpha value is -4.68. The van der Waals surface area contributed by atoms with Gasteiger partial charge in [0.05, 0.1) is 84.7 Å². The minimum absolute atomic E-state index is 0.636. The van der Waals surface area contributed by atoms with Gasteiger partial charge in [-0.1, -0.05) is 35.9 Å². The summed E-state index contributed by atoms with van der Waals surface area (Å²) in [7, 11) is 17.7. The highest BCUT2D eigenvalue weighted by atomic mass is 35.5. The lowest BCUT2D eigenvalue weighted by Gasteiger charge is -2.36. The molecule has 64 heavy (non-hydrogen) atoms. The Morgan fingerprint density at radius 2 is 1.23 bits per heavy atom. The molecule has 2 atom stereocenters. The van der Waals surface area contributed by atoms with Crippen LogP contribution in [0.5, 0.6) is 11.5 Å². The second-order valence-corrected chi connectivity index (χ2v) is 20.5. The normalized spacial score (nSPS) is 19.6. The van der Waals surface area contributed by atoms with E-state index in [-0.39, 0.29) is 0 Å². The molecule has 4 aromatic rings. The van der Waals surface area contributed by atoms with Gasteiger partial charge in [-0.2, -0.15) is 0 Å². The first-order valence-electron chi connectivity index (χ1n) is 22.7. The van der Waals surface area contributed by atoms with Gasteiger partial charge in [0.2, 0.25) is 0 Å². The van der Waals surface area contributed by atoms with Crippen molar-refractivity contribution < 1.29 is 18.4 Å². The van der Waals surface area contributed by atoms with Gasteiger partial charge >= 0.3 is 0 Å². The van der Waals surface area contributed by atoms with E-state index >= 15 is 0 Å². The molecular weight excluding hydrogens is 840 g/mol. The fourth-order valence-corrected chi connectivity index (χ4v) is 9.40. The van der Waals surface area contributed by atoms with Crippen molar-refractivity contribution in [1.82, 2.24) is 19.8 Å². The van der Waals surface area contributed by atoms with E-state index in [2.05, 4.69) is 119 Å². The maximum absolute atomic E-state index is 7.85. The molecule has 3 aliphatic heterocycles. The van der Waals surface area contributed by atoms with E-state index in [1.807, 2.05) is 66.8 Å². The first kappa shape index (κ1) is 47.3. The summed E-state index contributed by atoms with van der Waals surface area (Å²) in [5, 5.41) is 1.81. The fourth-order valence-electron chi connectivity index (χ4n) is 8.69. The van der Waals surface area contributed by atoms with Gasteiger partial charge in [0.25, 0.3) is 0 Å². The molecule has 0 aliphatic carbocycles. The maximum atomic E-state index is 7.85. The van der Waals surface area contributed by atoms with Crippen molar-refractivity contribution in [2.24, 2.45) is 9.98 Å². The minimum atomic E-state index is -1.35. The molecule has 2 aromatic carbocycles. The summed E-state index contributed by atoms with van der Waals surface area (Å²) < 4.78 is 14.4. The number of fused-ring (bicyclic) bond motifs is 6. The number of quaternary nitrogens is 2. The number of ether oxygens (including phenoxy) is 2. The molecular formula is C52H68Cl2N8O2+2. The molecule has 0 amide bonds. The third-order valence-corrected chi connectivity index (χ3v) is 13.6. The highest BCUT2D eigenvalue weighted by Crippen LogP contribution is 2.52. The quantitative estimate of drug-likeness (QED) is 0.0420. The summed E-state index contributed by atoms with van der Waals surface area (Å²) in [4.78, 5) is 19.3. The molecule has 2 aromatic heterocycles. The summed E-state index contributed by atoms with van der Waals surface area (Å²) >= 11 is 15.4. The lowest BCUT2D eigenvalue weighted by atomic mass is 9.87. The topological polar surface area (TPSA) is 81.2 Å². The monoisotopic (exact) mass is 906 g/mol. The number of benzene rings is 2. The number of aliphatic imine (C=N–C) groups is 2. The van der Waals surface area contributed by atoms with Crippen LogP contribution in [-0.2, 0) is 4.87 Å². The highest BCUT2D eigenvalue weighted by molar-refractivity contribution is 6.39. The number of rotatable bonds is 20. The SMILES string of the molecule is CN(C)CCC[N+](C)(C)CCCOc1ccc(C2=c3ccc([nH]3)=CC3=NC(Cl)(C=C3)C(Cl)(c3ccc(OCCC[N+](C)(C)CCCN(C)C)cc3)c3ccc([nH]3)C=C3C=CC2=N3)cc1. The van der Waals surface area contributed by atoms with Crippen molar-refractivity contribution in [2.45, 2.75) is 35.6 Å². The molecule has 0 saturated heterocycles. The fraction of sp³-hybridized carbons (Fsp3) is 0.423. The number of alkyl halides is 2. The van der Waals surface area contributed by atoms with E-state index in [0.29, 0.717) is 24.6 Å². The number of allylic oxidation sites excluding steroid dienone is 3. The Bertz CT molecular complexity index is 2510. The van der Waals surface area contributed by atoms with Crippen molar-refractivity contribution in [3.05, 3.63) is 136 Å². The predicted octanol–water partition coefficient (Wildman–Crippen LogP) is 7.41. The summed E-state index contributed by atoms with van der Waals surface area (Å²) in [6, 6.07) is 24.4. The molecule has 0 saturated carbocycles. The number of aromatic amines is 2. The maximum Gasteiger partial charge on any atom is 0.181 e. The van der Waals surface area contributed by atoms with Gasteiger partial charge in [-0.05, 0) is 124 Å². The highest BCUT2D eigenvalue weighted by Gasteiger charge is 2.53. The summed E-state index contributed by atoms with van der Waals surface area (Å²) in [5.41, 5.74) is 6.75. The van der Waals surface area contributed by atoms with Crippen LogP contribution in [0, 0.1) is 0 Å². The number of nitrogens with zero attached hydrogens (tertiary/aromatic N) is 6. The molecule has 0 radical (unpaired) electrons. The molecule has 12 heteroatoms. The van der Waals surface area contributed by atoms with Crippen LogP contribution in [0.1, 0.15) is 48.2 Å². The van der Waals surface area contributed by atoms with Crippen molar-refractivity contribution in [3.63, 3.8) is 0 Å². The van der Waals surface area contributed by atoms with E-state index in [1.165, 1.54) is 12.8 Å². The molecule has 0 spiro atoms. The molecule has 0 fully saturated rings. The van der Waals surface area contributed by atoms with Crippen molar-refractivity contribution in [3.8, 4) is 11.5 Å². The van der Waals surface area contributed by atoms with Crippen LogP contribution >= 0.6 is 23.2 Å². The second-order valence-electron chi connectivity index (χ2n) is 19.3. The van der Waals surface area contributed by atoms with Gasteiger partial charge in [-0.25, -0.2) is 4.99 Å². The lowest BCUT2D eigenvalue weighted by Crippen LogP contribution is -2.42. The molecule has 5 heterocycles. The van der Waals surface area contributed by atoms with Gasteiger partial charge < -0.3 is 38.2 Å². The summed E-state index contributed by atoms with van der Waals surface area (Å²) in [5.74, 6) is 1.64. The average molecular weight is 908 g/mol. The van der Waals surface area contributed by atoms with Gasteiger partial charge in [0, 0.05) is 66.4 Å². The molecule has 340 valence electrons. The Labute approximate surface area is 390 Å². The molecule has 8 bridgehead atoms. The molecule has 10 nitrogen and oxygen atoms in total. The van der Waals surface area contributed by atoms with E-state index in [9.17, 15) is 0 Å². The zero-order valence-corrected chi connectivity index (χ0v) is 40.6. The van der Waals surface area contributed by atoms with Gasteiger partial charge in [-0.15, -0.1) is 11.6 Å². The smallest absolute Gasteiger partial charge is 0.181 e. The van der Waals surface area contributed by atoms with Gasteiger partial charge in [0.15, 0.2) is 9.87 Å². The van der Waals surface area contributed by atoms with Crippen LogP contribution < -0.4 is 20.2 Å². The zero-order chi connectivity index (χ0) is 45.5. The Morgan fingerprint density at radius 1 is 0.641 bits per heavy atom. The Balaban J connectivity index is 1.11. The number of halogens is 2. The number of aromatic nitrogens is 2. The minimum Gasteiger partial charge on any atom is -0.493 e. The zero-order valence-electron chi connectivity index (χ0n) is 39.1. The first-order valence-corrected chi connectivity index (χ1v) is 23.4. The lowest BCUT2D eigenvalue weighted by molar-refractivity contribution is -0.890. The molecule has 3 aliphatic rings. The van der Waals surface area contributed by atoms with Crippen LogP contribution in [0.4, 0.5) is 0 Å². The molecule has 7 rings (SSSR count). The average Bonchev–Trinajstić information content (AvgIpc) is 4.08. The van der Waals surface area contributed by atoms with Crippen LogP contribution in [0.2, 0.25) is 0 Å². The van der Waals surface area contributed by atoms with E-state index in [0.717, 1.165) is 117 Å². The van der Waals surface area contributed by atoms with E-state index in [1.54, 1.807) is 0 Å².